The van der Waals surface area contributed by atoms with E-state index in [9.17, 15) is 9.90 Å². The van der Waals surface area contributed by atoms with Gasteiger partial charge >= 0.3 is 5.97 Å². The van der Waals surface area contributed by atoms with Crippen molar-refractivity contribution in [1.82, 2.24) is 0 Å². The summed E-state index contributed by atoms with van der Waals surface area (Å²) in [6, 6.07) is 6.76. The first-order valence-corrected chi connectivity index (χ1v) is 5.96. The number of rotatable bonds is 6. The fourth-order valence-corrected chi connectivity index (χ4v) is 1.48. The van der Waals surface area contributed by atoms with Crippen molar-refractivity contribution in [2.75, 3.05) is 13.7 Å². The summed E-state index contributed by atoms with van der Waals surface area (Å²) in [5.74, 6) is 0.349. The lowest BCUT2D eigenvalue weighted by atomic mass is 10.0. The number of hydrogen-bond acceptors (Lipinski definition) is 4. The Labute approximate surface area is 108 Å². The lowest BCUT2D eigenvalue weighted by molar-refractivity contribution is 0.0386. The normalized spacial score (nSPS) is 11.1. The fraction of sp³-hybridized carbons (Fsp3) is 0.500. The minimum absolute atomic E-state index is 0.314. The Hall–Kier alpha value is -1.55. The Morgan fingerprint density at radius 3 is 2.39 bits per heavy atom. The first-order valence-electron chi connectivity index (χ1n) is 5.96. The highest BCUT2D eigenvalue weighted by molar-refractivity contribution is 5.89. The lowest BCUT2D eigenvalue weighted by Gasteiger charge is -2.16. The van der Waals surface area contributed by atoms with Crippen LogP contribution in [0.5, 0.6) is 5.75 Å². The molecule has 4 heteroatoms. The van der Waals surface area contributed by atoms with Crippen molar-refractivity contribution < 1.29 is 19.4 Å². The van der Waals surface area contributed by atoms with E-state index in [-0.39, 0.29) is 5.97 Å². The van der Waals surface area contributed by atoms with Gasteiger partial charge in [0.15, 0.2) is 0 Å². The van der Waals surface area contributed by atoms with Gasteiger partial charge in [0.1, 0.15) is 5.75 Å². The molecule has 0 spiro atoms. The molecule has 0 radical (unpaired) electrons. The molecule has 0 atom stereocenters. The molecule has 1 aromatic rings. The van der Waals surface area contributed by atoms with Crippen molar-refractivity contribution in [2.24, 2.45) is 0 Å². The Kier molecular flexibility index (Phi) is 5.16. The monoisotopic (exact) mass is 252 g/mol. The summed E-state index contributed by atoms with van der Waals surface area (Å²) >= 11 is 0. The largest absolute Gasteiger partial charge is 0.497 e. The predicted octanol–water partition coefficient (Wildman–Crippen LogP) is 2.40. The summed E-state index contributed by atoms with van der Waals surface area (Å²) in [6.07, 6.45) is 1.24. The minimum atomic E-state index is -0.716. The van der Waals surface area contributed by atoms with E-state index in [1.54, 1.807) is 45.2 Å². The van der Waals surface area contributed by atoms with Crippen LogP contribution in [0, 0.1) is 0 Å². The molecule has 0 saturated carbocycles. The molecule has 0 aromatic heterocycles. The molecule has 0 aliphatic heterocycles. The third kappa shape index (κ3) is 5.19. The average molecular weight is 252 g/mol. The second kappa shape index (κ2) is 6.40. The topological polar surface area (TPSA) is 55.8 Å². The number of methoxy groups -OCH3 is 1. The zero-order chi connectivity index (χ0) is 13.6. The van der Waals surface area contributed by atoms with Gasteiger partial charge in [-0.05, 0) is 51.0 Å². The predicted molar refractivity (Wildman–Crippen MR) is 68.8 cm³/mol. The summed E-state index contributed by atoms with van der Waals surface area (Å²) in [4.78, 5) is 11.6. The molecule has 0 unspecified atom stereocenters. The molecular weight excluding hydrogens is 232 g/mol. The van der Waals surface area contributed by atoms with Gasteiger partial charge in [0, 0.05) is 0 Å². The number of carbonyl (C=O) groups is 1. The molecule has 1 N–H and O–H groups in total. The summed E-state index contributed by atoms with van der Waals surface area (Å²) in [6.45, 7) is 3.78. The summed E-state index contributed by atoms with van der Waals surface area (Å²) in [5.41, 5.74) is -0.217. The molecule has 0 heterocycles. The first-order chi connectivity index (χ1) is 8.42. The smallest absolute Gasteiger partial charge is 0.338 e. The number of ether oxygens (including phenoxy) is 2. The van der Waals surface area contributed by atoms with Crippen LogP contribution >= 0.6 is 0 Å². The summed E-state index contributed by atoms with van der Waals surface area (Å²) in [5, 5.41) is 9.50. The molecule has 0 amide bonds. The zero-order valence-electron chi connectivity index (χ0n) is 11.1. The van der Waals surface area contributed by atoms with Crippen molar-refractivity contribution in [3.63, 3.8) is 0 Å². The van der Waals surface area contributed by atoms with Gasteiger partial charge in [-0.2, -0.15) is 0 Å². The number of carbonyl (C=O) groups excluding carboxylic acids is 1. The van der Waals surface area contributed by atoms with Gasteiger partial charge in [-0.25, -0.2) is 4.79 Å². The van der Waals surface area contributed by atoms with Crippen molar-refractivity contribution in [3.05, 3.63) is 29.8 Å². The number of esters is 1. The van der Waals surface area contributed by atoms with Crippen LogP contribution in [-0.2, 0) is 4.74 Å². The van der Waals surface area contributed by atoms with Crippen molar-refractivity contribution in [1.29, 1.82) is 0 Å². The zero-order valence-corrected chi connectivity index (χ0v) is 11.1. The van der Waals surface area contributed by atoms with Crippen LogP contribution in [0.25, 0.3) is 0 Å². The molecule has 1 aromatic carbocycles. The second-order valence-electron chi connectivity index (χ2n) is 4.78. The maximum Gasteiger partial charge on any atom is 0.338 e. The van der Waals surface area contributed by atoms with Gasteiger partial charge in [0.25, 0.3) is 0 Å². The van der Waals surface area contributed by atoms with E-state index < -0.39 is 5.60 Å². The SMILES string of the molecule is COc1ccc(C(=O)OCCCC(C)(C)O)cc1. The first kappa shape index (κ1) is 14.5. The molecule has 0 saturated heterocycles. The van der Waals surface area contributed by atoms with Gasteiger partial charge in [-0.1, -0.05) is 0 Å². The third-order valence-corrected chi connectivity index (χ3v) is 2.49. The van der Waals surface area contributed by atoms with Crippen molar-refractivity contribution in [2.45, 2.75) is 32.3 Å². The van der Waals surface area contributed by atoms with Crippen LogP contribution in [0.3, 0.4) is 0 Å². The second-order valence-corrected chi connectivity index (χ2v) is 4.78. The van der Waals surface area contributed by atoms with Crippen LogP contribution in [0.1, 0.15) is 37.0 Å². The van der Waals surface area contributed by atoms with E-state index in [1.165, 1.54) is 0 Å². The van der Waals surface area contributed by atoms with Crippen LogP contribution in [-0.4, -0.2) is 30.4 Å². The molecule has 4 nitrogen and oxygen atoms in total. The molecule has 0 aliphatic carbocycles. The Bertz CT molecular complexity index is 376. The van der Waals surface area contributed by atoms with E-state index in [4.69, 9.17) is 9.47 Å². The van der Waals surface area contributed by atoms with E-state index in [2.05, 4.69) is 0 Å². The number of hydrogen-bond donors (Lipinski definition) is 1. The van der Waals surface area contributed by atoms with Gasteiger partial charge < -0.3 is 14.6 Å². The van der Waals surface area contributed by atoms with E-state index in [1.807, 2.05) is 0 Å². The van der Waals surface area contributed by atoms with E-state index in [0.717, 1.165) is 0 Å². The Balaban J connectivity index is 2.36. The van der Waals surface area contributed by atoms with Crippen LogP contribution in [0.2, 0.25) is 0 Å². The number of benzene rings is 1. The van der Waals surface area contributed by atoms with Crippen LogP contribution in [0.4, 0.5) is 0 Å². The number of aliphatic hydroxyl groups is 1. The average Bonchev–Trinajstić information content (AvgIpc) is 2.33. The molecule has 18 heavy (non-hydrogen) atoms. The molecule has 100 valence electrons. The highest BCUT2D eigenvalue weighted by Crippen LogP contribution is 2.13. The molecule has 0 fully saturated rings. The molecule has 0 bridgehead atoms. The van der Waals surface area contributed by atoms with Gasteiger partial charge in [-0.3, -0.25) is 0 Å². The molecule has 0 aliphatic rings. The van der Waals surface area contributed by atoms with Crippen LogP contribution < -0.4 is 4.74 Å². The highest BCUT2D eigenvalue weighted by atomic mass is 16.5. The van der Waals surface area contributed by atoms with Crippen molar-refractivity contribution >= 4 is 5.97 Å². The van der Waals surface area contributed by atoms with Gasteiger partial charge in [-0.15, -0.1) is 0 Å². The van der Waals surface area contributed by atoms with Crippen LogP contribution in [0.15, 0.2) is 24.3 Å². The van der Waals surface area contributed by atoms with Gasteiger partial charge in [0.2, 0.25) is 0 Å². The van der Waals surface area contributed by atoms with E-state index in [0.29, 0.717) is 30.8 Å². The summed E-state index contributed by atoms with van der Waals surface area (Å²) in [7, 11) is 1.57. The fourth-order valence-electron chi connectivity index (χ4n) is 1.48. The quantitative estimate of drug-likeness (QED) is 0.624. The Morgan fingerprint density at radius 1 is 1.28 bits per heavy atom. The minimum Gasteiger partial charge on any atom is -0.497 e. The highest BCUT2D eigenvalue weighted by Gasteiger charge is 2.12. The maximum atomic E-state index is 11.6. The summed E-state index contributed by atoms with van der Waals surface area (Å²) < 4.78 is 10.1. The third-order valence-electron chi connectivity index (χ3n) is 2.49. The Morgan fingerprint density at radius 2 is 1.89 bits per heavy atom. The maximum absolute atomic E-state index is 11.6. The molecule has 1 rings (SSSR count). The van der Waals surface area contributed by atoms with Crippen molar-refractivity contribution in [3.8, 4) is 5.75 Å². The molecular formula is C14H20O4. The standard InChI is InChI=1S/C14H20O4/c1-14(2,16)9-4-10-18-13(15)11-5-7-12(17-3)8-6-11/h5-8,16H,4,9-10H2,1-3H3. The van der Waals surface area contributed by atoms with E-state index >= 15 is 0 Å². The lowest BCUT2D eigenvalue weighted by Crippen LogP contribution is -2.19. The van der Waals surface area contributed by atoms with Gasteiger partial charge in [0.05, 0.1) is 24.9 Å².